The molecule has 90 valence electrons. The first-order valence-electron chi connectivity index (χ1n) is 5.53. The van der Waals surface area contributed by atoms with Crippen molar-refractivity contribution < 1.29 is 4.74 Å². The first kappa shape index (κ1) is 11.9. The lowest BCUT2D eigenvalue weighted by Crippen LogP contribution is -2.08. The van der Waals surface area contributed by atoms with Gasteiger partial charge < -0.3 is 10.1 Å². The summed E-state index contributed by atoms with van der Waals surface area (Å²) in [5, 5.41) is 12.3. The van der Waals surface area contributed by atoms with Crippen LogP contribution in [0.1, 0.15) is 11.6 Å². The number of nitriles is 1. The summed E-state index contributed by atoms with van der Waals surface area (Å²) in [7, 11) is 1.61. The molecule has 18 heavy (non-hydrogen) atoms. The minimum Gasteiger partial charge on any atom is -0.497 e. The van der Waals surface area contributed by atoms with Crippen molar-refractivity contribution >= 4 is 5.69 Å². The Bertz CT molecular complexity index is 548. The van der Waals surface area contributed by atoms with Crippen molar-refractivity contribution in [2.24, 2.45) is 0 Å². The molecule has 1 unspecified atom stereocenters. The van der Waals surface area contributed by atoms with Crippen LogP contribution in [0.5, 0.6) is 5.75 Å². The van der Waals surface area contributed by atoms with Crippen molar-refractivity contribution in [2.75, 3.05) is 12.4 Å². The van der Waals surface area contributed by atoms with Crippen LogP contribution in [0.2, 0.25) is 0 Å². The van der Waals surface area contributed by atoms with Gasteiger partial charge in [0.15, 0.2) is 0 Å². The van der Waals surface area contributed by atoms with Gasteiger partial charge in [0.1, 0.15) is 11.8 Å². The molecule has 1 aromatic heterocycles. The molecule has 0 spiro atoms. The highest BCUT2D eigenvalue weighted by molar-refractivity contribution is 5.51. The van der Waals surface area contributed by atoms with E-state index in [1.54, 1.807) is 19.5 Å². The molecule has 0 aliphatic rings. The summed E-state index contributed by atoms with van der Waals surface area (Å²) >= 11 is 0. The molecule has 4 heteroatoms. The molecule has 1 N–H and O–H groups in total. The van der Waals surface area contributed by atoms with Crippen molar-refractivity contribution in [3.05, 3.63) is 54.4 Å². The summed E-state index contributed by atoms with van der Waals surface area (Å²) in [5.41, 5.74) is 1.67. The molecule has 0 saturated heterocycles. The Labute approximate surface area is 106 Å². The largest absolute Gasteiger partial charge is 0.497 e. The number of benzene rings is 1. The van der Waals surface area contributed by atoms with Gasteiger partial charge in [-0.2, -0.15) is 5.26 Å². The SMILES string of the molecule is COc1cccc(NC(C#N)c2cccnc2)c1. The molecule has 0 aliphatic heterocycles. The van der Waals surface area contributed by atoms with Crippen LogP contribution in [0.15, 0.2) is 48.8 Å². The Morgan fingerprint density at radius 3 is 2.89 bits per heavy atom. The van der Waals surface area contributed by atoms with Crippen molar-refractivity contribution in [2.45, 2.75) is 6.04 Å². The lowest BCUT2D eigenvalue weighted by atomic mass is 10.1. The molecule has 0 aliphatic carbocycles. The minimum absolute atomic E-state index is 0.425. The van der Waals surface area contributed by atoms with E-state index in [-0.39, 0.29) is 0 Å². The van der Waals surface area contributed by atoms with Gasteiger partial charge in [-0.15, -0.1) is 0 Å². The van der Waals surface area contributed by atoms with Gasteiger partial charge in [-0.25, -0.2) is 0 Å². The summed E-state index contributed by atoms with van der Waals surface area (Å²) in [6.07, 6.45) is 3.37. The van der Waals surface area contributed by atoms with Crippen molar-refractivity contribution in [3.8, 4) is 11.8 Å². The Balaban J connectivity index is 2.19. The van der Waals surface area contributed by atoms with Gasteiger partial charge in [0, 0.05) is 29.7 Å². The number of nitrogens with one attached hydrogen (secondary N) is 1. The third-order valence-electron chi connectivity index (χ3n) is 2.53. The van der Waals surface area contributed by atoms with Crippen LogP contribution in [0, 0.1) is 11.3 Å². The van der Waals surface area contributed by atoms with Crippen LogP contribution in [-0.2, 0) is 0 Å². The molecule has 4 nitrogen and oxygen atoms in total. The predicted octanol–water partition coefficient (Wildman–Crippen LogP) is 2.77. The van der Waals surface area contributed by atoms with Crippen LogP contribution in [0.3, 0.4) is 0 Å². The van der Waals surface area contributed by atoms with Crippen LogP contribution < -0.4 is 10.1 Å². The standard InChI is InChI=1S/C14H13N3O/c1-18-13-6-2-5-12(8-13)17-14(9-15)11-4-3-7-16-10-11/h2-8,10,14,17H,1H3. The molecule has 2 rings (SSSR count). The predicted molar refractivity (Wildman–Crippen MR) is 69.2 cm³/mol. The molecular formula is C14H13N3O. The van der Waals surface area contributed by atoms with E-state index in [1.165, 1.54) is 0 Å². The van der Waals surface area contributed by atoms with Gasteiger partial charge in [0.25, 0.3) is 0 Å². The molecule has 2 aromatic rings. The molecule has 0 radical (unpaired) electrons. The zero-order valence-electron chi connectivity index (χ0n) is 10.00. The normalized spacial score (nSPS) is 11.3. The number of anilines is 1. The highest BCUT2D eigenvalue weighted by Gasteiger charge is 2.10. The second kappa shape index (κ2) is 5.69. The number of rotatable bonds is 4. The summed E-state index contributed by atoms with van der Waals surface area (Å²) in [5.74, 6) is 0.753. The maximum absolute atomic E-state index is 9.20. The fourth-order valence-corrected chi connectivity index (χ4v) is 1.62. The zero-order chi connectivity index (χ0) is 12.8. The minimum atomic E-state index is -0.425. The topological polar surface area (TPSA) is 57.9 Å². The van der Waals surface area contributed by atoms with Gasteiger partial charge in [-0.1, -0.05) is 12.1 Å². The molecule has 0 bridgehead atoms. The van der Waals surface area contributed by atoms with Gasteiger partial charge in [-0.3, -0.25) is 4.98 Å². The maximum atomic E-state index is 9.20. The average molecular weight is 239 g/mol. The van der Waals surface area contributed by atoms with E-state index in [0.717, 1.165) is 17.0 Å². The van der Waals surface area contributed by atoms with Crippen LogP contribution in [-0.4, -0.2) is 12.1 Å². The molecule has 0 saturated carbocycles. The lowest BCUT2D eigenvalue weighted by Gasteiger charge is -2.13. The van der Waals surface area contributed by atoms with Crippen LogP contribution in [0.4, 0.5) is 5.69 Å². The maximum Gasteiger partial charge on any atom is 0.141 e. The summed E-state index contributed by atoms with van der Waals surface area (Å²) in [6.45, 7) is 0. The highest BCUT2D eigenvalue weighted by Crippen LogP contribution is 2.22. The van der Waals surface area contributed by atoms with Gasteiger partial charge in [0.2, 0.25) is 0 Å². The number of aromatic nitrogens is 1. The lowest BCUT2D eigenvalue weighted by molar-refractivity contribution is 0.415. The van der Waals surface area contributed by atoms with Crippen molar-refractivity contribution in [1.29, 1.82) is 5.26 Å². The number of hydrogen-bond donors (Lipinski definition) is 1. The summed E-state index contributed by atoms with van der Waals surface area (Å²) in [6, 6.07) is 12.9. The van der Waals surface area contributed by atoms with E-state index in [0.29, 0.717) is 0 Å². The third kappa shape index (κ3) is 2.77. The highest BCUT2D eigenvalue weighted by atomic mass is 16.5. The molecular weight excluding hydrogens is 226 g/mol. The Morgan fingerprint density at radius 2 is 2.22 bits per heavy atom. The summed E-state index contributed by atoms with van der Waals surface area (Å²) in [4.78, 5) is 4.01. The summed E-state index contributed by atoms with van der Waals surface area (Å²) < 4.78 is 5.14. The van der Waals surface area contributed by atoms with Crippen molar-refractivity contribution in [3.63, 3.8) is 0 Å². The fraction of sp³-hybridized carbons (Fsp3) is 0.143. The van der Waals surface area contributed by atoms with Gasteiger partial charge >= 0.3 is 0 Å². The first-order chi connectivity index (χ1) is 8.83. The fourth-order valence-electron chi connectivity index (χ4n) is 1.62. The van der Waals surface area contributed by atoms with Crippen LogP contribution >= 0.6 is 0 Å². The average Bonchev–Trinajstić information content (AvgIpc) is 2.46. The second-order valence-electron chi connectivity index (χ2n) is 3.72. The first-order valence-corrected chi connectivity index (χ1v) is 5.53. The molecule has 0 fully saturated rings. The Kier molecular flexibility index (Phi) is 3.77. The Hall–Kier alpha value is -2.54. The third-order valence-corrected chi connectivity index (χ3v) is 2.53. The monoisotopic (exact) mass is 239 g/mol. The molecule has 0 amide bonds. The second-order valence-corrected chi connectivity index (χ2v) is 3.72. The van der Waals surface area contributed by atoms with E-state index in [2.05, 4.69) is 16.4 Å². The molecule has 1 heterocycles. The Morgan fingerprint density at radius 1 is 1.33 bits per heavy atom. The number of nitrogens with zero attached hydrogens (tertiary/aromatic N) is 2. The van der Waals surface area contributed by atoms with E-state index < -0.39 is 6.04 Å². The molecule has 1 aromatic carbocycles. The van der Waals surface area contributed by atoms with Gasteiger partial charge in [-0.05, 0) is 18.2 Å². The molecule has 1 atom stereocenters. The van der Waals surface area contributed by atoms with Gasteiger partial charge in [0.05, 0.1) is 13.2 Å². The van der Waals surface area contributed by atoms with Crippen molar-refractivity contribution in [1.82, 2.24) is 4.98 Å². The quantitative estimate of drug-likeness (QED) is 0.891. The van der Waals surface area contributed by atoms with Crippen LogP contribution in [0.25, 0.3) is 0 Å². The van der Waals surface area contributed by atoms with E-state index in [4.69, 9.17) is 4.74 Å². The smallest absolute Gasteiger partial charge is 0.141 e. The number of hydrogen-bond acceptors (Lipinski definition) is 4. The van der Waals surface area contributed by atoms with E-state index in [9.17, 15) is 5.26 Å². The zero-order valence-corrected chi connectivity index (χ0v) is 10.00. The number of methoxy groups -OCH3 is 1. The number of ether oxygens (including phenoxy) is 1. The van der Waals surface area contributed by atoms with E-state index in [1.807, 2.05) is 36.4 Å². The van der Waals surface area contributed by atoms with E-state index >= 15 is 0 Å². The number of pyridine rings is 1.